The maximum absolute atomic E-state index is 13.0. The first-order valence-corrected chi connectivity index (χ1v) is 41.0. The summed E-state index contributed by atoms with van der Waals surface area (Å²) in [7, 11) is 5.95. The molecule has 97 heavy (non-hydrogen) atoms. The molecule has 9 nitrogen and oxygen atoms in total. The smallest absolute Gasteiger partial charge is 0.306 e. The Morgan fingerprint density at radius 2 is 0.557 bits per heavy atom. The lowest BCUT2D eigenvalue weighted by molar-refractivity contribution is -0.870. The summed E-state index contributed by atoms with van der Waals surface area (Å²) in [6, 6.07) is 0. The number of carboxylic acid groups (broad SMARTS) is 1. The summed E-state index contributed by atoms with van der Waals surface area (Å²) in [6.45, 7) is 4.57. The zero-order chi connectivity index (χ0) is 70.4. The molecule has 0 saturated carbocycles. The number of aliphatic carboxylic acids is 1. The molecule has 0 aromatic heterocycles. The van der Waals surface area contributed by atoms with E-state index in [0.717, 1.165) is 89.9 Å². The van der Waals surface area contributed by atoms with E-state index in [1.807, 2.05) is 21.1 Å². The number of allylic oxidation sites excluding steroid dienone is 18. The van der Waals surface area contributed by atoms with Crippen molar-refractivity contribution in [2.75, 3.05) is 47.5 Å². The van der Waals surface area contributed by atoms with E-state index in [4.69, 9.17) is 18.9 Å². The van der Waals surface area contributed by atoms with Crippen molar-refractivity contribution >= 4 is 17.9 Å². The molecule has 0 aromatic carbocycles. The van der Waals surface area contributed by atoms with Crippen molar-refractivity contribution in [2.24, 2.45) is 0 Å². The van der Waals surface area contributed by atoms with Gasteiger partial charge < -0.3 is 33.3 Å². The van der Waals surface area contributed by atoms with Gasteiger partial charge in [0.05, 0.1) is 40.3 Å². The molecule has 0 aliphatic carbocycles. The van der Waals surface area contributed by atoms with Crippen LogP contribution in [0.15, 0.2) is 109 Å². The number of rotatable bonds is 76. The van der Waals surface area contributed by atoms with Crippen LogP contribution in [-0.2, 0) is 33.3 Å². The van der Waals surface area contributed by atoms with Crippen molar-refractivity contribution in [2.45, 2.75) is 386 Å². The van der Waals surface area contributed by atoms with Crippen LogP contribution in [0, 0.1) is 0 Å². The van der Waals surface area contributed by atoms with Crippen LogP contribution in [0.5, 0.6) is 0 Å². The van der Waals surface area contributed by atoms with Crippen LogP contribution < -0.4 is 5.11 Å². The van der Waals surface area contributed by atoms with Crippen LogP contribution in [0.25, 0.3) is 0 Å². The summed E-state index contributed by atoms with van der Waals surface area (Å²) in [5.41, 5.74) is 0. The summed E-state index contributed by atoms with van der Waals surface area (Å²) < 4.78 is 22.9. The van der Waals surface area contributed by atoms with Gasteiger partial charge in [-0.3, -0.25) is 9.59 Å². The number of unbranched alkanes of at least 4 members (excludes halogenated alkanes) is 43. The van der Waals surface area contributed by atoms with Crippen molar-refractivity contribution in [3.05, 3.63) is 109 Å². The van der Waals surface area contributed by atoms with Crippen molar-refractivity contribution in [3.8, 4) is 0 Å². The van der Waals surface area contributed by atoms with Crippen molar-refractivity contribution < 1.29 is 42.9 Å². The lowest BCUT2D eigenvalue weighted by Gasteiger charge is -2.26. The quantitative estimate of drug-likeness (QED) is 0.0195. The number of ether oxygens (including phenoxy) is 4. The van der Waals surface area contributed by atoms with E-state index in [9.17, 15) is 19.5 Å². The predicted octanol–water partition coefficient (Wildman–Crippen LogP) is 25.1. The number of carbonyl (C=O) groups is 3. The fourth-order valence-electron chi connectivity index (χ4n) is 11.9. The fourth-order valence-corrected chi connectivity index (χ4v) is 11.9. The molecule has 0 heterocycles. The lowest BCUT2D eigenvalue weighted by atomic mass is 10.0. The molecule has 0 amide bonds. The molecular formula is C88H155NO8. The molecule has 0 rings (SSSR count). The van der Waals surface area contributed by atoms with Crippen LogP contribution in [0.3, 0.4) is 0 Å². The van der Waals surface area contributed by atoms with Gasteiger partial charge in [-0.1, -0.05) is 374 Å². The number of carbonyl (C=O) groups excluding carboxylic acids is 3. The first-order valence-electron chi connectivity index (χ1n) is 41.0. The normalized spacial score (nSPS) is 13.2. The van der Waals surface area contributed by atoms with Crippen LogP contribution >= 0.6 is 0 Å². The van der Waals surface area contributed by atoms with Gasteiger partial charge >= 0.3 is 11.9 Å². The molecule has 0 N–H and O–H groups in total. The van der Waals surface area contributed by atoms with Gasteiger partial charge in [0.15, 0.2) is 12.4 Å². The first kappa shape index (κ1) is 93.0. The van der Waals surface area contributed by atoms with Crippen molar-refractivity contribution in [1.82, 2.24) is 0 Å². The average Bonchev–Trinajstić information content (AvgIpc) is 3.11. The Morgan fingerprint density at radius 1 is 0.309 bits per heavy atom. The van der Waals surface area contributed by atoms with Crippen molar-refractivity contribution in [1.29, 1.82) is 0 Å². The Bertz CT molecular complexity index is 1970. The maximum Gasteiger partial charge on any atom is 0.306 e. The molecule has 0 aromatic rings. The third-order valence-corrected chi connectivity index (χ3v) is 18.0. The van der Waals surface area contributed by atoms with Gasteiger partial charge in [0.1, 0.15) is 13.2 Å². The van der Waals surface area contributed by atoms with Gasteiger partial charge in [0.2, 0.25) is 0 Å². The zero-order valence-electron chi connectivity index (χ0n) is 64.2. The van der Waals surface area contributed by atoms with E-state index in [1.54, 1.807) is 0 Å². The standard InChI is InChI=1S/C88H155NO8/c1-6-8-10-12-14-16-18-20-22-24-26-28-30-32-34-36-38-40-42-43-45-47-49-51-53-55-57-59-61-63-65-67-69-71-73-75-77-79-86(91)97-84(83-96-88(87(92)93)94-81-80-89(3,4)5)82-95-85(90)78-76-74-72-70-68-66-64-62-60-58-56-54-52-50-48-46-44-41-39-37-35-33-31-29-27-25-23-21-19-17-15-13-11-9-7-2/h8-11,14-17,20-23,26-29,32,34,84,88H,6-7,12-13,18-19,24-25,30-31,33,35-83H2,1-5H3/b10-8-,11-9-,16-14-,17-15-,22-20-,23-21-,28-26-,29-27-,34-32-. The molecule has 0 aliphatic rings. The second kappa shape index (κ2) is 77.7. The predicted molar refractivity (Wildman–Crippen MR) is 417 cm³/mol. The number of quaternary nitrogens is 1. The molecule has 0 spiro atoms. The van der Waals surface area contributed by atoms with Gasteiger partial charge in [0, 0.05) is 12.8 Å². The van der Waals surface area contributed by atoms with E-state index in [-0.39, 0.29) is 32.2 Å². The molecule has 0 radical (unpaired) electrons. The molecule has 2 atom stereocenters. The van der Waals surface area contributed by atoms with E-state index >= 15 is 0 Å². The second-order valence-corrected chi connectivity index (χ2v) is 28.7. The Hall–Kier alpha value is -4.05. The van der Waals surface area contributed by atoms with E-state index < -0.39 is 24.3 Å². The second-order valence-electron chi connectivity index (χ2n) is 28.7. The van der Waals surface area contributed by atoms with Crippen LogP contribution in [0.1, 0.15) is 373 Å². The highest BCUT2D eigenvalue weighted by molar-refractivity contribution is 5.70. The summed E-state index contributed by atoms with van der Waals surface area (Å²) in [6.07, 6.45) is 106. The van der Waals surface area contributed by atoms with Crippen LogP contribution in [-0.4, -0.2) is 82.3 Å². The molecule has 0 aliphatic heterocycles. The molecule has 0 saturated heterocycles. The minimum atomic E-state index is -1.62. The van der Waals surface area contributed by atoms with Gasteiger partial charge in [-0.2, -0.15) is 0 Å². The van der Waals surface area contributed by atoms with Crippen LogP contribution in [0.4, 0.5) is 0 Å². The van der Waals surface area contributed by atoms with Gasteiger partial charge in [-0.25, -0.2) is 0 Å². The third kappa shape index (κ3) is 79.2. The topological polar surface area (TPSA) is 111 Å². The number of hydrogen-bond donors (Lipinski definition) is 0. The Labute approximate surface area is 600 Å². The SMILES string of the molecule is CC/C=C\C/C=C\C/C=C\C/C=C\C/C=C\CCCCCCCCCCCCCCCCCCCCCCCC(=O)OC(COC(=O)CCCCCCCCCCCCCCCCCCCCCCCC/C=C\C/C=C\C/C=C\C/C=C\CC)COC(OCC[N+](C)(C)C)C(=O)[O-]. The lowest BCUT2D eigenvalue weighted by Crippen LogP contribution is -2.44. The van der Waals surface area contributed by atoms with Crippen LogP contribution in [0.2, 0.25) is 0 Å². The highest BCUT2D eigenvalue weighted by atomic mass is 16.7. The maximum atomic E-state index is 13.0. The van der Waals surface area contributed by atoms with E-state index in [1.165, 1.54) is 250 Å². The third-order valence-electron chi connectivity index (χ3n) is 18.0. The molecule has 2 unspecified atom stereocenters. The van der Waals surface area contributed by atoms with Gasteiger partial charge in [-0.15, -0.1) is 0 Å². The molecule has 0 fully saturated rings. The Morgan fingerprint density at radius 3 is 0.825 bits per heavy atom. The first-order chi connectivity index (χ1) is 47.6. The zero-order valence-corrected chi connectivity index (χ0v) is 64.2. The molecule has 0 bridgehead atoms. The number of hydrogen-bond acceptors (Lipinski definition) is 8. The summed E-state index contributed by atoms with van der Waals surface area (Å²) in [4.78, 5) is 37.6. The number of esters is 2. The van der Waals surface area contributed by atoms with E-state index in [0.29, 0.717) is 23.9 Å². The fraction of sp³-hybridized carbons (Fsp3) is 0.761. The molecule has 560 valence electrons. The highest BCUT2D eigenvalue weighted by Crippen LogP contribution is 2.19. The average molecular weight is 1360 g/mol. The summed E-state index contributed by atoms with van der Waals surface area (Å²) in [5.74, 6) is -2.26. The molecular weight excluding hydrogens is 1200 g/mol. The minimum absolute atomic E-state index is 0.148. The number of likely N-dealkylation sites (N-methyl/N-ethyl adjacent to an activating group) is 1. The minimum Gasteiger partial charge on any atom is -0.545 e. The molecule has 9 heteroatoms. The summed E-state index contributed by atoms with van der Waals surface area (Å²) in [5, 5.41) is 11.9. The Balaban J connectivity index is 3.97. The van der Waals surface area contributed by atoms with Gasteiger partial charge in [0.25, 0.3) is 0 Å². The Kier molecular flexibility index (Phi) is 74.4. The highest BCUT2D eigenvalue weighted by Gasteiger charge is 2.22. The van der Waals surface area contributed by atoms with E-state index in [2.05, 4.69) is 123 Å². The monoisotopic (exact) mass is 1350 g/mol. The van der Waals surface area contributed by atoms with Crippen molar-refractivity contribution in [3.63, 3.8) is 0 Å². The van der Waals surface area contributed by atoms with Gasteiger partial charge in [-0.05, 0) is 96.3 Å². The number of carboxylic acids is 1. The summed E-state index contributed by atoms with van der Waals surface area (Å²) >= 11 is 0. The largest absolute Gasteiger partial charge is 0.545 e. The number of nitrogens with zero attached hydrogens (tertiary/aromatic N) is 1.